The van der Waals surface area contributed by atoms with Crippen molar-refractivity contribution in [1.82, 2.24) is 4.98 Å². The Balaban J connectivity index is 1.95. The van der Waals surface area contributed by atoms with Gasteiger partial charge in [0.1, 0.15) is 5.82 Å². The summed E-state index contributed by atoms with van der Waals surface area (Å²) in [5, 5.41) is 4.16. The van der Waals surface area contributed by atoms with Gasteiger partial charge in [-0.25, -0.2) is 9.18 Å². The number of rotatable bonds is 4. The molecule has 0 fully saturated rings. The minimum Gasteiger partial charge on any atom is -0.463 e. The molecule has 0 amide bonds. The SMILES string of the molecule is CCOC(=O)C1(C)CC(c2cc(-c3ccccn3)c(F)cc2Cl)=NO1. The lowest BCUT2D eigenvalue weighted by Crippen LogP contribution is -2.37. The van der Waals surface area contributed by atoms with Gasteiger partial charge in [0.2, 0.25) is 5.60 Å². The standard InChI is InChI=1S/C18H16ClFN2O3/c1-3-24-17(23)18(2)10-16(22-25-18)11-8-12(14(20)9-13(11)19)15-6-4-5-7-21-15/h4-9H,3,10H2,1-2H3. The molecule has 1 unspecified atom stereocenters. The Bertz CT molecular complexity index is 842. The quantitative estimate of drug-likeness (QED) is 0.772. The van der Waals surface area contributed by atoms with E-state index in [1.54, 1.807) is 44.3 Å². The molecule has 1 aromatic carbocycles. The molecule has 5 nitrogen and oxygen atoms in total. The maximum Gasteiger partial charge on any atom is 0.353 e. The molecular weight excluding hydrogens is 347 g/mol. The second kappa shape index (κ2) is 6.80. The third-order valence-corrected chi connectivity index (χ3v) is 4.19. The van der Waals surface area contributed by atoms with Crippen molar-refractivity contribution in [3.8, 4) is 11.3 Å². The second-order valence-corrected chi connectivity index (χ2v) is 6.19. The van der Waals surface area contributed by atoms with Gasteiger partial charge in [0.25, 0.3) is 0 Å². The summed E-state index contributed by atoms with van der Waals surface area (Å²) in [6.45, 7) is 3.56. The summed E-state index contributed by atoms with van der Waals surface area (Å²) in [6, 6.07) is 8.00. The van der Waals surface area contributed by atoms with E-state index in [1.165, 1.54) is 6.07 Å². The molecule has 130 valence electrons. The number of carbonyl (C=O) groups excluding carboxylic acids is 1. The van der Waals surface area contributed by atoms with Gasteiger partial charge in [0.15, 0.2) is 0 Å². The van der Waals surface area contributed by atoms with Gasteiger partial charge in [-0.3, -0.25) is 4.98 Å². The predicted molar refractivity (Wildman–Crippen MR) is 91.9 cm³/mol. The van der Waals surface area contributed by atoms with E-state index in [-0.39, 0.29) is 18.1 Å². The molecular formula is C18H16ClFN2O3. The van der Waals surface area contributed by atoms with Gasteiger partial charge in [0.05, 0.1) is 23.0 Å². The van der Waals surface area contributed by atoms with Gasteiger partial charge in [-0.05, 0) is 38.1 Å². The molecule has 1 atom stereocenters. The van der Waals surface area contributed by atoms with Gasteiger partial charge < -0.3 is 9.57 Å². The summed E-state index contributed by atoms with van der Waals surface area (Å²) in [5.41, 5.74) is 0.515. The first-order valence-electron chi connectivity index (χ1n) is 7.77. The van der Waals surface area contributed by atoms with Crippen LogP contribution in [0.3, 0.4) is 0 Å². The Morgan fingerprint density at radius 1 is 1.40 bits per heavy atom. The van der Waals surface area contributed by atoms with Crippen molar-refractivity contribution in [3.05, 3.63) is 52.9 Å². The zero-order valence-electron chi connectivity index (χ0n) is 13.8. The molecule has 2 aromatic rings. The molecule has 0 N–H and O–H groups in total. The number of pyridine rings is 1. The second-order valence-electron chi connectivity index (χ2n) is 5.78. The Morgan fingerprint density at radius 2 is 2.20 bits per heavy atom. The van der Waals surface area contributed by atoms with Crippen molar-refractivity contribution in [2.24, 2.45) is 5.16 Å². The average Bonchev–Trinajstić information content (AvgIpc) is 2.99. The van der Waals surface area contributed by atoms with E-state index in [4.69, 9.17) is 21.2 Å². The summed E-state index contributed by atoms with van der Waals surface area (Å²) in [6.07, 6.45) is 1.76. The highest BCUT2D eigenvalue weighted by Gasteiger charge is 2.44. The summed E-state index contributed by atoms with van der Waals surface area (Å²) >= 11 is 6.19. The van der Waals surface area contributed by atoms with Crippen LogP contribution < -0.4 is 0 Å². The zero-order chi connectivity index (χ0) is 18.0. The normalized spacial score (nSPS) is 19.3. The fourth-order valence-corrected chi connectivity index (χ4v) is 2.83. The van der Waals surface area contributed by atoms with Crippen molar-refractivity contribution >= 4 is 23.3 Å². The molecule has 25 heavy (non-hydrogen) atoms. The number of oxime groups is 1. The fourth-order valence-electron chi connectivity index (χ4n) is 2.57. The fraction of sp³-hybridized carbons (Fsp3) is 0.278. The molecule has 1 aliphatic rings. The van der Waals surface area contributed by atoms with Crippen LogP contribution >= 0.6 is 11.6 Å². The minimum absolute atomic E-state index is 0.179. The van der Waals surface area contributed by atoms with Crippen LogP contribution in [0.4, 0.5) is 4.39 Å². The van der Waals surface area contributed by atoms with Crippen LogP contribution in [0.1, 0.15) is 25.8 Å². The highest BCUT2D eigenvalue weighted by molar-refractivity contribution is 6.34. The molecule has 0 radical (unpaired) electrons. The van der Waals surface area contributed by atoms with E-state index >= 15 is 0 Å². The number of hydrogen-bond acceptors (Lipinski definition) is 5. The monoisotopic (exact) mass is 362 g/mol. The minimum atomic E-state index is -1.21. The Morgan fingerprint density at radius 3 is 2.88 bits per heavy atom. The molecule has 1 aliphatic heterocycles. The van der Waals surface area contributed by atoms with Crippen LogP contribution in [0.15, 0.2) is 41.7 Å². The van der Waals surface area contributed by atoms with Crippen molar-refractivity contribution < 1.29 is 18.8 Å². The highest BCUT2D eigenvalue weighted by atomic mass is 35.5. The number of benzene rings is 1. The van der Waals surface area contributed by atoms with E-state index < -0.39 is 17.4 Å². The first kappa shape index (κ1) is 17.4. The maximum atomic E-state index is 14.3. The van der Waals surface area contributed by atoms with Crippen molar-refractivity contribution in [2.75, 3.05) is 6.61 Å². The lowest BCUT2D eigenvalue weighted by Gasteiger charge is -2.18. The Kier molecular flexibility index (Phi) is 4.72. The number of ether oxygens (including phenoxy) is 1. The molecule has 0 saturated carbocycles. The van der Waals surface area contributed by atoms with Crippen molar-refractivity contribution in [1.29, 1.82) is 0 Å². The largest absolute Gasteiger partial charge is 0.463 e. The van der Waals surface area contributed by atoms with Gasteiger partial charge in [-0.15, -0.1) is 0 Å². The summed E-state index contributed by atoms with van der Waals surface area (Å²) in [7, 11) is 0. The zero-order valence-corrected chi connectivity index (χ0v) is 14.5. The molecule has 0 bridgehead atoms. The lowest BCUT2D eigenvalue weighted by molar-refractivity contribution is -0.166. The molecule has 0 spiro atoms. The third kappa shape index (κ3) is 3.35. The Labute approximate surface area is 149 Å². The van der Waals surface area contributed by atoms with E-state index in [9.17, 15) is 9.18 Å². The van der Waals surface area contributed by atoms with Crippen LogP contribution in [-0.2, 0) is 14.4 Å². The maximum absolute atomic E-state index is 14.3. The van der Waals surface area contributed by atoms with Gasteiger partial charge >= 0.3 is 5.97 Å². The first-order valence-corrected chi connectivity index (χ1v) is 8.15. The topological polar surface area (TPSA) is 60.8 Å². The van der Waals surface area contributed by atoms with E-state index in [0.29, 0.717) is 22.5 Å². The van der Waals surface area contributed by atoms with Crippen LogP contribution in [0.2, 0.25) is 5.02 Å². The van der Waals surface area contributed by atoms with Gasteiger partial charge in [-0.1, -0.05) is 22.8 Å². The van der Waals surface area contributed by atoms with Crippen LogP contribution in [-0.4, -0.2) is 28.9 Å². The number of halogens is 2. The summed E-state index contributed by atoms with van der Waals surface area (Å²) in [5.74, 6) is -0.989. The van der Waals surface area contributed by atoms with E-state index in [2.05, 4.69) is 10.1 Å². The number of aromatic nitrogens is 1. The smallest absolute Gasteiger partial charge is 0.353 e. The molecule has 3 rings (SSSR count). The number of hydrogen-bond donors (Lipinski definition) is 0. The lowest BCUT2D eigenvalue weighted by atomic mass is 9.94. The molecule has 7 heteroatoms. The molecule has 0 aliphatic carbocycles. The van der Waals surface area contributed by atoms with Crippen LogP contribution in [0, 0.1) is 5.82 Å². The number of esters is 1. The predicted octanol–water partition coefficient (Wildman–Crippen LogP) is 3.99. The van der Waals surface area contributed by atoms with Crippen LogP contribution in [0.25, 0.3) is 11.3 Å². The summed E-state index contributed by atoms with van der Waals surface area (Å²) < 4.78 is 19.3. The molecule has 2 heterocycles. The third-order valence-electron chi connectivity index (χ3n) is 3.88. The molecule has 0 saturated heterocycles. The van der Waals surface area contributed by atoms with E-state index in [1.807, 2.05) is 0 Å². The average molecular weight is 363 g/mol. The van der Waals surface area contributed by atoms with E-state index in [0.717, 1.165) is 0 Å². The highest BCUT2D eigenvalue weighted by Crippen LogP contribution is 2.33. The van der Waals surface area contributed by atoms with Gasteiger partial charge in [-0.2, -0.15) is 0 Å². The molecule has 1 aromatic heterocycles. The van der Waals surface area contributed by atoms with Crippen molar-refractivity contribution in [3.63, 3.8) is 0 Å². The van der Waals surface area contributed by atoms with Gasteiger partial charge in [0, 0.05) is 23.7 Å². The summed E-state index contributed by atoms with van der Waals surface area (Å²) in [4.78, 5) is 21.5. The number of carbonyl (C=O) groups is 1. The Hall–Kier alpha value is -2.47. The van der Waals surface area contributed by atoms with Crippen LogP contribution in [0.5, 0.6) is 0 Å². The number of nitrogens with zero attached hydrogens (tertiary/aromatic N) is 2. The van der Waals surface area contributed by atoms with Crippen molar-refractivity contribution in [2.45, 2.75) is 25.9 Å². The first-order chi connectivity index (χ1) is 11.9.